The molecule has 0 aromatic carbocycles. The maximum Gasteiger partial charge on any atom is 0.434 e. The number of alkyl halides is 6. The van der Waals surface area contributed by atoms with Crippen LogP contribution >= 0.6 is 0 Å². The van der Waals surface area contributed by atoms with E-state index in [-0.39, 0.29) is 31.8 Å². The van der Waals surface area contributed by atoms with Crippen molar-refractivity contribution in [2.45, 2.75) is 86.7 Å². The minimum absolute atomic E-state index is 0.0503. The van der Waals surface area contributed by atoms with Gasteiger partial charge in [-0.25, -0.2) is 14.8 Å². The summed E-state index contributed by atoms with van der Waals surface area (Å²) in [5.41, 5.74) is -0.603. The van der Waals surface area contributed by atoms with Gasteiger partial charge in [-0.2, -0.15) is 26.3 Å². The number of nitrogens with zero attached hydrogens (tertiary/aromatic N) is 4. The highest BCUT2D eigenvalue weighted by atomic mass is 19.4. The Balaban J connectivity index is 1.26. The number of carbonyl (C=O) groups is 2. The SMILES string of the molecule is O=C(OC(C(F)(F)F)C(F)(F)F)N1CCC2(CCCN2C(=O)C2(c3ccnc(C4CC4)n3)CC2)CC1. The molecule has 3 heterocycles. The summed E-state index contributed by atoms with van der Waals surface area (Å²) in [5, 5.41) is 0. The second-order valence-electron chi connectivity index (χ2n) is 10.3. The van der Waals surface area contributed by atoms with Crippen LogP contribution < -0.4 is 0 Å². The van der Waals surface area contributed by atoms with Crippen LogP contribution in [0.15, 0.2) is 12.3 Å². The summed E-state index contributed by atoms with van der Waals surface area (Å²) in [4.78, 5) is 37.7. The smallest absolute Gasteiger partial charge is 0.426 e. The number of hydrogen-bond acceptors (Lipinski definition) is 5. The summed E-state index contributed by atoms with van der Waals surface area (Å²) in [7, 11) is 0. The van der Waals surface area contributed by atoms with Gasteiger partial charge in [-0.1, -0.05) is 0 Å². The lowest BCUT2D eigenvalue weighted by Gasteiger charge is -2.45. The average Bonchev–Trinajstić information content (AvgIpc) is 3.73. The van der Waals surface area contributed by atoms with E-state index in [2.05, 4.69) is 14.7 Å². The Hall–Kier alpha value is -2.60. The van der Waals surface area contributed by atoms with Gasteiger partial charge in [0.25, 0.3) is 6.10 Å². The second-order valence-corrected chi connectivity index (χ2v) is 10.3. The van der Waals surface area contributed by atoms with Gasteiger partial charge in [0, 0.05) is 37.3 Å². The molecule has 4 fully saturated rings. The van der Waals surface area contributed by atoms with Gasteiger partial charge in [0.05, 0.1) is 11.1 Å². The highest BCUT2D eigenvalue weighted by molar-refractivity contribution is 5.91. The molecule has 0 radical (unpaired) electrons. The first-order chi connectivity index (χ1) is 16.9. The maximum absolute atomic E-state index is 13.8. The molecule has 13 heteroatoms. The number of aromatic nitrogens is 2. The molecule has 1 aromatic rings. The van der Waals surface area contributed by atoms with E-state index in [9.17, 15) is 35.9 Å². The first kappa shape index (κ1) is 25.1. The van der Waals surface area contributed by atoms with Gasteiger partial charge in [-0.15, -0.1) is 0 Å². The van der Waals surface area contributed by atoms with Crippen LogP contribution in [0.3, 0.4) is 0 Å². The number of ether oxygens (including phenoxy) is 1. The van der Waals surface area contributed by atoms with Crippen LogP contribution in [0.2, 0.25) is 0 Å². The molecule has 2 aliphatic carbocycles. The molecule has 36 heavy (non-hydrogen) atoms. The van der Waals surface area contributed by atoms with Gasteiger partial charge >= 0.3 is 18.4 Å². The maximum atomic E-state index is 13.8. The Labute approximate surface area is 203 Å². The fraction of sp³-hybridized carbons (Fsp3) is 0.739. The molecular formula is C23H26F6N4O3. The first-order valence-electron chi connectivity index (χ1n) is 12.1. The number of carbonyl (C=O) groups excluding carboxylic acids is 2. The van der Waals surface area contributed by atoms with Crippen molar-refractivity contribution in [2.24, 2.45) is 0 Å². The molecule has 4 aliphatic rings. The third-order valence-electron chi connectivity index (χ3n) is 7.87. The number of piperidine rings is 1. The van der Waals surface area contributed by atoms with Crippen molar-refractivity contribution < 1.29 is 40.7 Å². The van der Waals surface area contributed by atoms with Crippen molar-refractivity contribution in [3.63, 3.8) is 0 Å². The van der Waals surface area contributed by atoms with Gasteiger partial charge in [0.2, 0.25) is 5.91 Å². The van der Waals surface area contributed by atoms with E-state index in [0.717, 1.165) is 30.0 Å². The summed E-state index contributed by atoms with van der Waals surface area (Å²) in [6, 6.07) is 1.77. The Morgan fingerprint density at radius 1 is 0.972 bits per heavy atom. The lowest BCUT2D eigenvalue weighted by molar-refractivity contribution is -0.308. The number of amides is 2. The Morgan fingerprint density at radius 2 is 1.61 bits per heavy atom. The molecule has 2 saturated heterocycles. The summed E-state index contributed by atoms with van der Waals surface area (Å²) >= 11 is 0. The van der Waals surface area contributed by atoms with Crippen molar-refractivity contribution in [1.82, 2.24) is 19.8 Å². The van der Waals surface area contributed by atoms with Crippen LogP contribution in [0, 0.1) is 0 Å². The first-order valence-corrected chi connectivity index (χ1v) is 12.1. The van der Waals surface area contributed by atoms with E-state index in [1.807, 2.05) is 4.90 Å². The van der Waals surface area contributed by atoms with Gasteiger partial charge in [0.1, 0.15) is 5.82 Å². The molecular weight excluding hydrogens is 494 g/mol. The van der Waals surface area contributed by atoms with Gasteiger partial charge in [0.15, 0.2) is 0 Å². The summed E-state index contributed by atoms with van der Waals surface area (Å²) < 4.78 is 80.6. The van der Waals surface area contributed by atoms with Gasteiger partial charge in [-0.05, 0) is 57.4 Å². The van der Waals surface area contributed by atoms with Crippen LogP contribution in [0.1, 0.15) is 68.8 Å². The van der Waals surface area contributed by atoms with Crippen molar-refractivity contribution in [3.8, 4) is 0 Å². The Bertz CT molecular complexity index is 1020. The molecule has 2 saturated carbocycles. The molecule has 1 spiro atoms. The van der Waals surface area contributed by atoms with Crippen LogP contribution in [-0.2, 0) is 14.9 Å². The van der Waals surface area contributed by atoms with Crippen molar-refractivity contribution in [3.05, 3.63) is 23.8 Å². The standard InChI is InChI=1S/C23H26F6N4O3/c24-22(25,26)17(23(27,28)29)36-19(35)32-12-8-20(9-13-32)5-1-11-33(20)18(34)21(6-7-21)15-4-10-30-16(31-15)14-2-3-14/h4,10,14,17H,1-3,5-9,11-13H2. The van der Waals surface area contributed by atoms with Crippen molar-refractivity contribution in [2.75, 3.05) is 19.6 Å². The fourth-order valence-corrected chi connectivity index (χ4v) is 5.52. The largest absolute Gasteiger partial charge is 0.434 e. The molecule has 0 unspecified atom stereocenters. The van der Waals surface area contributed by atoms with E-state index in [1.165, 1.54) is 0 Å². The highest BCUT2D eigenvalue weighted by Crippen LogP contribution is 2.52. The fourth-order valence-electron chi connectivity index (χ4n) is 5.52. The predicted molar refractivity (Wildman–Crippen MR) is 112 cm³/mol. The lowest BCUT2D eigenvalue weighted by Crippen LogP contribution is -2.57. The minimum atomic E-state index is -5.77. The lowest BCUT2D eigenvalue weighted by atomic mass is 9.84. The van der Waals surface area contributed by atoms with Crippen LogP contribution in [0.25, 0.3) is 0 Å². The molecule has 0 atom stereocenters. The normalized spacial score (nSPS) is 23.3. The zero-order chi connectivity index (χ0) is 25.9. The van der Waals surface area contributed by atoms with Crippen LogP contribution in [0.5, 0.6) is 0 Å². The van der Waals surface area contributed by atoms with E-state index < -0.39 is 35.5 Å². The minimum Gasteiger partial charge on any atom is -0.426 e. The predicted octanol–water partition coefficient (Wildman–Crippen LogP) is 4.47. The van der Waals surface area contributed by atoms with E-state index in [0.29, 0.717) is 37.4 Å². The summed E-state index contributed by atoms with van der Waals surface area (Å²) in [5.74, 6) is 1.04. The van der Waals surface area contributed by atoms with Gasteiger partial charge < -0.3 is 14.5 Å². The summed E-state index contributed by atoms with van der Waals surface area (Å²) in [6.45, 7) is 0.310. The van der Waals surface area contributed by atoms with Crippen LogP contribution in [-0.4, -0.2) is 75.4 Å². The monoisotopic (exact) mass is 520 g/mol. The molecule has 2 amide bonds. The van der Waals surface area contributed by atoms with E-state index in [4.69, 9.17) is 0 Å². The Kier molecular flexibility index (Phi) is 5.90. The topological polar surface area (TPSA) is 75.6 Å². The zero-order valence-corrected chi connectivity index (χ0v) is 19.4. The molecule has 7 nitrogen and oxygen atoms in total. The molecule has 2 aliphatic heterocycles. The average molecular weight is 520 g/mol. The molecule has 198 valence electrons. The van der Waals surface area contributed by atoms with Crippen molar-refractivity contribution >= 4 is 12.0 Å². The molecule has 0 bridgehead atoms. The third-order valence-corrected chi connectivity index (χ3v) is 7.87. The number of halogens is 6. The molecule has 1 aromatic heterocycles. The highest BCUT2D eigenvalue weighted by Gasteiger charge is 2.61. The summed E-state index contributed by atoms with van der Waals surface area (Å²) in [6.07, 6.45) is -10.4. The number of likely N-dealkylation sites (tertiary alicyclic amines) is 2. The Morgan fingerprint density at radius 3 is 2.17 bits per heavy atom. The van der Waals surface area contributed by atoms with E-state index >= 15 is 0 Å². The quantitative estimate of drug-likeness (QED) is 0.548. The van der Waals surface area contributed by atoms with E-state index in [1.54, 1.807) is 12.3 Å². The third kappa shape index (κ3) is 4.49. The second kappa shape index (κ2) is 8.47. The van der Waals surface area contributed by atoms with Crippen molar-refractivity contribution in [1.29, 1.82) is 0 Å². The number of rotatable bonds is 4. The van der Waals surface area contributed by atoms with Gasteiger partial charge in [-0.3, -0.25) is 4.79 Å². The van der Waals surface area contributed by atoms with Crippen LogP contribution in [0.4, 0.5) is 31.1 Å². The zero-order valence-electron chi connectivity index (χ0n) is 19.4. The molecule has 5 rings (SSSR count). The number of hydrogen-bond donors (Lipinski definition) is 0. The molecule has 0 N–H and O–H groups in total.